The fourth-order valence-electron chi connectivity index (χ4n) is 3.57. The van der Waals surface area contributed by atoms with E-state index in [0.29, 0.717) is 18.4 Å². The first kappa shape index (κ1) is 15.3. The summed E-state index contributed by atoms with van der Waals surface area (Å²) >= 11 is 0. The van der Waals surface area contributed by atoms with Crippen LogP contribution in [-0.2, 0) is 4.79 Å². The van der Waals surface area contributed by atoms with E-state index in [-0.39, 0.29) is 24.5 Å². The van der Waals surface area contributed by atoms with E-state index < -0.39 is 0 Å². The lowest BCUT2D eigenvalue weighted by molar-refractivity contribution is -0.124. The molecule has 1 fully saturated rings. The van der Waals surface area contributed by atoms with E-state index in [1.165, 1.54) is 25.7 Å². The van der Waals surface area contributed by atoms with Crippen LogP contribution in [0.1, 0.15) is 50.0 Å². The fourth-order valence-corrected chi connectivity index (χ4v) is 3.57. The lowest BCUT2D eigenvalue weighted by Gasteiger charge is -2.26. The first-order chi connectivity index (χ1) is 10.8. The Morgan fingerprint density at radius 2 is 2.14 bits per heavy atom. The van der Waals surface area contributed by atoms with Crippen LogP contribution >= 0.6 is 0 Å². The highest BCUT2D eigenvalue weighted by Crippen LogP contribution is 2.32. The van der Waals surface area contributed by atoms with Crippen LogP contribution in [0.5, 0.6) is 5.88 Å². The zero-order chi connectivity index (χ0) is 15.4. The second-order valence-corrected chi connectivity index (χ2v) is 6.31. The SMILES string of the molecule is O=C(N[C@@H](CO)C1CCCCCC1)[C@H]1COc2ncccc21. The number of amides is 1. The predicted molar refractivity (Wildman–Crippen MR) is 82.7 cm³/mol. The van der Waals surface area contributed by atoms with E-state index in [1.807, 2.05) is 12.1 Å². The number of hydrogen-bond donors (Lipinski definition) is 2. The maximum atomic E-state index is 12.6. The number of carbonyl (C=O) groups is 1. The molecular weight excluding hydrogens is 280 g/mol. The Hall–Kier alpha value is -1.62. The molecule has 3 rings (SSSR count). The molecule has 2 atom stereocenters. The van der Waals surface area contributed by atoms with Crippen LogP contribution in [-0.4, -0.2) is 35.3 Å². The van der Waals surface area contributed by atoms with Crippen molar-refractivity contribution in [3.63, 3.8) is 0 Å². The third-order valence-electron chi connectivity index (χ3n) is 4.87. The monoisotopic (exact) mass is 304 g/mol. The first-order valence-electron chi connectivity index (χ1n) is 8.28. The molecule has 120 valence electrons. The minimum Gasteiger partial charge on any atom is -0.476 e. The Morgan fingerprint density at radius 3 is 2.86 bits per heavy atom. The smallest absolute Gasteiger partial charge is 0.231 e. The summed E-state index contributed by atoms with van der Waals surface area (Å²) < 4.78 is 5.48. The maximum Gasteiger partial charge on any atom is 0.231 e. The molecule has 1 saturated carbocycles. The highest BCUT2D eigenvalue weighted by Gasteiger charge is 2.33. The Balaban J connectivity index is 1.65. The summed E-state index contributed by atoms with van der Waals surface area (Å²) in [6.07, 6.45) is 8.75. The predicted octanol–water partition coefficient (Wildman–Crippen LogP) is 2.01. The minimum absolute atomic E-state index is 0.00385. The molecule has 0 bridgehead atoms. The zero-order valence-electron chi connectivity index (χ0n) is 12.8. The number of aliphatic hydroxyl groups excluding tert-OH is 1. The molecule has 1 aliphatic carbocycles. The van der Waals surface area contributed by atoms with Crippen LogP contribution in [0.25, 0.3) is 0 Å². The number of aliphatic hydroxyl groups is 1. The fraction of sp³-hybridized carbons (Fsp3) is 0.647. The summed E-state index contributed by atoms with van der Waals surface area (Å²) in [5.74, 6) is 0.559. The lowest BCUT2D eigenvalue weighted by Crippen LogP contribution is -2.45. The second kappa shape index (κ2) is 7.09. The average Bonchev–Trinajstić information content (AvgIpc) is 2.79. The molecule has 1 aliphatic heterocycles. The van der Waals surface area contributed by atoms with Crippen molar-refractivity contribution in [3.05, 3.63) is 23.9 Å². The minimum atomic E-state index is -0.316. The number of aromatic nitrogens is 1. The van der Waals surface area contributed by atoms with Gasteiger partial charge in [-0.25, -0.2) is 4.98 Å². The number of nitrogens with zero attached hydrogens (tertiary/aromatic N) is 1. The Bertz CT molecular complexity index is 512. The molecule has 0 saturated heterocycles. The van der Waals surface area contributed by atoms with E-state index in [1.54, 1.807) is 6.20 Å². The zero-order valence-corrected chi connectivity index (χ0v) is 12.8. The van der Waals surface area contributed by atoms with Crippen LogP contribution in [0.3, 0.4) is 0 Å². The Kier molecular flexibility index (Phi) is 4.93. The van der Waals surface area contributed by atoms with Gasteiger partial charge in [-0.3, -0.25) is 4.79 Å². The number of ether oxygens (including phenoxy) is 1. The molecule has 5 heteroatoms. The topological polar surface area (TPSA) is 71.5 Å². The van der Waals surface area contributed by atoms with Gasteiger partial charge in [-0.2, -0.15) is 0 Å². The van der Waals surface area contributed by atoms with Gasteiger partial charge >= 0.3 is 0 Å². The van der Waals surface area contributed by atoms with Gasteiger partial charge in [-0.05, 0) is 24.8 Å². The van der Waals surface area contributed by atoms with Gasteiger partial charge in [0.1, 0.15) is 12.5 Å². The van der Waals surface area contributed by atoms with Gasteiger partial charge in [0.15, 0.2) is 0 Å². The van der Waals surface area contributed by atoms with E-state index in [0.717, 1.165) is 18.4 Å². The number of carbonyl (C=O) groups excluding carboxylic acids is 1. The molecule has 0 spiro atoms. The van der Waals surface area contributed by atoms with E-state index in [9.17, 15) is 9.90 Å². The van der Waals surface area contributed by atoms with Crippen molar-refractivity contribution in [2.24, 2.45) is 5.92 Å². The summed E-state index contributed by atoms with van der Waals surface area (Å²) in [6, 6.07) is 3.56. The van der Waals surface area contributed by atoms with Crippen molar-refractivity contribution in [1.82, 2.24) is 10.3 Å². The molecule has 5 nitrogen and oxygen atoms in total. The van der Waals surface area contributed by atoms with Crippen molar-refractivity contribution < 1.29 is 14.6 Å². The van der Waals surface area contributed by atoms with Gasteiger partial charge in [0.2, 0.25) is 11.8 Å². The summed E-state index contributed by atoms with van der Waals surface area (Å²) in [4.78, 5) is 16.7. The van der Waals surface area contributed by atoms with Crippen molar-refractivity contribution in [2.45, 2.75) is 50.5 Å². The van der Waals surface area contributed by atoms with Gasteiger partial charge in [0, 0.05) is 11.8 Å². The average molecular weight is 304 g/mol. The molecule has 1 amide bonds. The molecule has 1 aromatic heterocycles. The molecule has 2 heterocycles. The number of pyridine rings is 1. The van der Waals surface area contributed by atoms with Crippen LogP contribution in [0.2, 0.25) is 0 Å². The van der Waals surface area contributed by atoms with Gasteiger partial charge in [-0.1, -0.05) is 31.7 Å². The first-order valence-corrected chi connectivity index (χ1v) is 8.28. The molecule has 2 aliphatic rings. The summed E-state index contributed by atoms with van der Waals surface area (Å²) in [5, 5.41) is 12.7. The number of rotatable bonds is 4. The third-order valence-corrected chi connectivity index (χ3v) is 4.87. The number of hydrogen-bond acceptors (Lipinski definition) is 4. The molecular formula is C17H24N2O3. The van der Waals surface area contributed by atoms with E-state index >= 15 is 0 Å². The largest absolute Gasteiger partial charge is 0.476 e. The lowest BCUT2D eigenvalue weighted by atomic mass is 9.91. The summed E-state index contributed by atoms with van der Waals surface area (Å²) in [7, 11) is 0. The highest BCUT2D eigenvalue weighted by molar-refractivity contribution is 5.85. The molecule has 0 aromatic carbocycles. The van der Waals surface area contributed by atoms with Crippen molar-refractivity contribution in [2.75, 3.05) is 13.2 Å². The van der Waals surface area contributed by atoms with Crippen LogP contribution in [0, 0.1) is 5.92 Å². The van der Waals surface area contributed by atoms with Crippen LogP contribution < -0.4 is 10.1 Å². The van der Waals surface area contributed by atoms with Gasteiger partial charge in [-0.15, -0.1) is 0 Å². The maximum absolute atomic E-state index is 12.6. The third kappa shape index (κ3) is 3.24. The highest BCUT2D eigenvalue weighted by atomic mass is 16.5. The molecule has 1 aromatic rings. The molecule has 2 N–H and O–H groups in total. The van der Waals surface area contributed by atoms with E-state index in [4.69, 9.17) is 4.74 Å². The van der Waals surface area contributed by atoms with Crippen molar-refractivity contribution in [3.8, 4) is 5.88 Å². The quantitative estimate of drug-likeness (QED) is 0.835. The normalized spacial score (nSPS) is 23.2. The molecule has 22 heavy (non-hydrogen) atoms. The van der Waals surface area contributed by atoms with Crippen LogP contribution in [0.4, 0.5) is 0 Å². The second-order valence-electron chi connectivity index (χ2n) is 6.31. The van der Waals surface area contributed by atoms with Crippen LogP contribution in [0.15, 0.2) is 18.3 Å². The Labute approximate surface area is 131 Å². The summed E-state index contributed by atoms with van der Waals surface area (Å²) in [6.45, 7) is 0.338. The standard InChI is InChI=1S/C17H24N2O3/c20-10-15(12-6-3-1-2-4-7-12)19-16(21)14-11-22-17-13(14)8-5-9-18-17/h5,8-9,12,14-15,20H,1-4,6-7,10-11H2,(H,19,21)/t14-,15-/m0/s1. The van der Waals surface area contributed by atoms with Crippen molar-refractivity contribution >= 4 is 5.91 Å². The van der Waals surface area contributed by atoms with Crippen molar-refractivity contribution in [1.29, 1.82) is 0 Å². The van der Waals surface area contributed by atoms with Gasteiger partial charge < -0.3 is 15.2 Å². The molecule has 0 radical (unpaired) electrons. The molecule has 0 unspecified atom stereocenters. The number of nitrogens with one attached hydrogen (secondary N) is 1. The number of fused-ring (bicyclic) bond motifs is 1. The van der Waals surface area contributed by atoms with Gasteiger partial charge in [0.25, 0.3) is 0 Å². The van der Waals surface area contributed by atoms with Gasteiger partial charge in [0.05, 0.1) is 12.6 Å². The van der Waals surface area contributed by atoms with E-state index in [2.05, 4.69) is 10.3 Å². The Morgan fingerprint density at radius 1 is 1.36 bits per heavy atom. The summed E-state index contributed by atoms with van der Waals surface area (Å²) in [5.41, 5.74) is 0.845.